The SMILES string of the molecule is CCSCC(C(Nc1cccc2ncccc12)c1cccc(OC)c1F)C(F)(F)F. The van der Waals surface area contributed by atoms with E-state index in [-0.39, 0.29) is 17.1 Å². The van der Waals surface area contributed by atoms with Gasteiger partial charge in [-0.15, -0.1) is 0 Å². The van der Waals surface area contributed by atoms with Gasteiger partial charge >= 0.3 is 6.18 Å². The van der Waals surface area contributed by atoms with Crippen LogP contribution in [0.5, 0.6) is 5.75 Å². The molecule has 0 bridgehead atoms. The summed E-state index contributed by atoms with van der Waals surface area (Å²) in [5.41, 5.74) is 1.01. The lowest BCUT2D eigenvalue weighted by Gasteiger charge is -2.31. The summed E-state index contributed by atoms with van der Waals surface area (Å²) in [6.07, 6.45) is -2.92. The molecule has 0 saturated carbocycles. The number of alkyl halides is 3. The standard InChI is InChI=1S/C22H22F4N2OS/c1-3-30-13-16(22(24,25)26)21(15-7-4-11-19(29-2)20(15)23)28-18-10-5-9-17-14(18)8-6-12-27-17/h4-12,16,21,28H,3,13H2,1-2H3. The maximum atomic E-state index is 15.1. The molecular weight excluding hydrogens is 416 g/mol. The van der Waals surface area contributed by atoms with Crippen molar-refractivity contribution in [3.63, 3.8) is 0 Å². The summed E-state index contributed by atoms with van der Waals surface area (Å²) in [4.78, 5) is 4.25. The fourth-order valence-corrected chi connectivity index (χ4v) is 4.21. The number of aromatic nitrogens is 1. The molecule has 160 valence electrons. The normalized spacial score (nSPS) is 13.8. The zero-order valence-corrected chi connectivity index (χ0v) is 17.4. The molecule has 0 aliphatic rings. The summed E-state index contributed by atoms with van der Waals surface area (Å²) in [5, 5.41) is 3.64. The van der Waals surface area contributed by atoms with Crippen molar-refractivity contribution in [1.82, 2.24) is 4.98 Å². The molecule has 0 aliphatic heterocycles. The maximum absolute atomic E-state index is 15.1. The van der Waals surface area contributed by atoms with E-state index >= 15 is 4.39 Å². The van der Waals surface area contributed by atoms with E-state index in [0.717, 1.165) is 0 Å². The highest BCUT2D eigenvalue weighted by Crippen LogP contribution is 2.42. The first-order chi connectivity index (χ1) is 14.4. The topological polar surface area (TPSA) is 34.2 Å². The largest absolute Gasteiger partial charge is 0.494 e. The number of pyridine rings is 1. The molecule has 0 saturated heterocycles. The van der Waals surface area contributed by atoms with Crippen molar-refractivity contribution in [2.75, 3.05) is 23.9 Å². The number of hydrogen-bond donors (Lipinski definition) is 1. The van der Waals surface area contributed by atoms with Crippen LogP contribution < -0.4 is 10.1 Å². The van der Waals surface area contributed by atoms with Gasteiger partial charge in [-0.2, -0.15) is 24.9 Å². The van der Waals surface area contributed by atoms with Gasteiger partial charge in [0.2, 0.25) is 0 Å². The summed E-state index contributed by atoms with van der Waals surface area (Å²) in [6.45, 7) is 1.79. The number of halogens is 4. The Morgan fingerprint density at radius 3 is 2.57 bits per heavy atom. The van der Waals surface area contributed by atoms with E-state index in [1.807, 2.05) is 0 Å². The van der Waals surface area contributed by atoms with Crippen molar-refractivity contribution >= 4 is 28.4 Å². The number of ether oxygens (including phenoxy) is 1. The van der Waals surface area contributed by atoms with Gasteiger partial charge in [0.15, 0.2) is 11.6 Å². The zero-order valence-electron chi connectivity index (χ0n) is 16.5. The Labute approximate surface area is 176 Å². The number of anilines is 1. The fraction of sp³-hybridized carbons (Fsp3) is 0.318. The molecular formula is C22H22F4N2OS. The summed E-state index contributed by atoms with van der Waals surface area (Å²) < 4.78 is 62.3. The third kappa shape index (κ3) is 4.80. The first kappa shape index (κ1) is 22.2. The Bertz CT molecular complexity index is 991. The van der Waals surface area contributed by atoms with E-state index in [1.54, 1.807) is 43.5 Å². The van der Waals surface area contributed by atoms with Gasteiger partial charge in [-0.25, -0.2) is 4.39 Å². The van der Waals surface area contributed by atoms with Crippen molar-refractivity contribution < 1.29 is 22.3 Å². The average molecular weight is 438 g/mol. The maximum Gasteiger partial charge on any atom is 0.394 e. The second kappa shape index (κ2) is 9.55. The highest BCUT2D eigenvalue weighted by atomic mass is 32.2. The molecule has 3 aromatic rings. The Morgan fingerprint density at radius 2 is 1.87 bits per heavy atom. The molecule has 0 amide bonds. The van der Waals surface area contributed by atoms with Gasteiger partial charge in [-0.3, -0.25) is 4.98 Å². The van der Waals surface area contributed by atoms with Gasteiger partial charge in [0.05, 0.1) is 24.6 Å². The van der Waals surface area contributed by atoms with Crippen molar-refractivity contribution in [3.05, 3.63) is 66.1 Å². The number of thioether (sulfide) groups is 1. The number of hydrogen-bond acceptors (Lipinski definition) is 4. The Morgan fingerprint density at radius 1 is 1.10 bits per heavy atom. The van der Waals surface area contributed by atoms with Gasteiger partial charge in [-0.1, -0.05) is 25.1 Å². The molecule has 1 N–H and O–H groups in total. The van der Waals surface area contributed by atoms with E-state index in [2.05, 4.69) is 10.3 Å². The average Bonchev–Trinajstić information content (AvgIpc) is 2.73. The summed E-state index contributed by atoms with van der Waals surface area (Å²) >= 11 is 1.17. The van der Waals surface area contributed by atoms with Gasteiger partial charge in [-0.05, 0) is 36.1 Å². The van der Waals surface area contributed by atoms with Crippen LogP contribution in [0, 0.1) is 11.7 Å². The third-order valence-corrected chi connectivity index (χ3v) is 5.83. The lowest BCUT2D eigenvalue weighted by atomic mass is 9.92. The molecule has 0 spiro atoms. The highest BCUT2D eigenvalue weighted by molar-refractivity contribution is 7.99. The van der Waals surface area contributed by atoms with Gasteiger partial charge < -0.3 is 10.1 Å². The number of nitrogens with zero attached hydrogens (tertiary/aromatic N) is 1. The second-order valence-electron chi connectivity index (χ2n) is 6.67. The molecule has 0 radical (unpaired) electrons. The summed E-state index contributed by atoms with van der Waals surface area (Å²) in [6, 6.07) is 11.6. The lowest BCUT2D eigenvalue weighted by Crippen LogP contribution is -2.35. The second-order valence-corrected chi connectivity index (χ2v) is 7.99. The number of fused-ring (bicyclic) bond motifs is 1. The van der Waals surface area contributed by atoms with Crippen LogP contribution in [0.3, 0.4) is 0 Å². The van der Waals surface area contributed by atoms with Gasteiger partial charge in [0, 0.05) is 28.6 Å². The van der Waals surface area contributed by atoms with Crippen LogP contribution in [0.4, 0.5) is 23.2 Å². The predicted octanol–water partition coefficient (Wildman–Crippen LogP) is 6.47. The van der Waals surface area contributed by atoms with E-state index < -0.39 is 24.0 Å². The Hall–Kier alpha value is -2.48. The van der Waals surface area contributed by atoms with Gasteiger partial charge in [0.1, 0.15) is 0 Å². The molecule has 1 heterocycles. The fourth-order valence-electron chi connectivity index (χ4n) is 3.34. The number of methoxy groups -OCH3 is 1. The van der Waals surface area contributed by atoms with Crippen LogP contribution in [0.2, 0.25) is 0 Å². The van der Waals surface area contributed by atoms with E-state index in [4.69, 9.17) is 4.74 Å². The van der Waals surface area contributed by atoms with Crippen molar-refractivity contribution in [1.29, 1.82) is 0 Å². The first-order valence-corrected chi connectivity index (χ1v) is 10.6. The van der Waals surface area contributed by atoms with E-state index in [1.165, 1.54) is 37.1 Å². The number of nitrogens with one attached hydrogen (secondary N) is 1. The molecule has 0 aliphatic carbocycles. The Kier molecular flexibility index (Phi) is 7.07. The first-order valence-electron chi connectivity index (χ1n) is 9.44. The number of benzene rings is 2. The van der Waals surface area contributed by atoms with Crippen LogP contribution in [0.1, 0.15) is 18.5 Å². The molecule has 3 rings (SSSR count). The van der Waals surface area contributed by atoms with Crippen molar-refractivity contribution in [2.24, 2.45) is 5.92 Å². The van der Waals surface area contributed by atoms with Gasteiger partial charge in [0.25, 0.3) is 0 Å². The Balaban J connectivity index is 2.14. The molecule has 2 aromatic carbocycles. The van der Waals surface area contributed by atoms with Crippen LogP contribution in [0.15, 0.2) is 54.7 Å². The van der Waals surface area contributed by atoms with E-state index in [0.29, 0.717) is 22.3 Å². The van der Waals surface area contributed by atoms with Crippen LogP contribution in [-0.4, -0.2) is 29.8 Å². The zero-order chi connectivity index (χ0) is 21.7. The molecule has 0 fully saturated rings. The van der Waals surface area contributed by atoms with Crippen LogP contribution in [-0.2, 0) is 0 Å². The van der Waals surface area contributed by atoms with Crippen LogP contribution in [0.25, 0.3) is 10.9 Å². The summed E-state index contributed by atoms with van der Waals surface area (Å²) in [5.74, 6) is -2.37. The van der Waals surface area contributed by atoms with Crippen LogP contribution >= 0.6 is 11.8 Å². The minimum Gasteiger partial charge on any atom is -0.494 e. The third-order valence-electron chi connectivity index (χ3n) is 4.83. The molecule has 2 unspecified atom stereocenters. The summed E-state index contributed by atoms with van der Waals surface area (Å²) in [7, 11) is 1.29. The smallest absolute Gasteiger partial charge is 0.394 e. The molecule has 8 heteroatoms. The minimum atomic E-state index is -4.53. The number of rotatable bonds is 8. The molecule has 3 nitrogen and oxygen atoms in total. The highest BCUT2D eigenvalue weighted by Gasteiger charge is 2.46. The minimum absolute atomic E-state index is 0.0886. The van der Waals surface area contributed by atoms with Crippen molar-refractivity contribution in [2.45, 2.75) is 19.1 Å². The predicted molar refractivity (Wildman–Crippen MR) is 114 cm³/mol. The quantitative estimate of drug-likeness (QED) is 0.409. The monoisotopic (exact) mass is 438 g/mol. The molecule has 30 heavy (non-hydrogen) atoms. The van der Waals surface area contributed by atoms with Crippen molar-refractivity contribution in [3.8, 4) is 5.75 Å². The molecule has 1 aromatic heterocycles. The van der Waals surface area contributed by atoms with E-state index in [9.17, 15) is 13.2 Å². The molecule has 2 atom stereocenters. The lowest BCUT2D eigenvalue weighted by molar-refractivity contribution is -0.172.